The van der Waals surface area contributed by atoms with Crippen LogP contribution in [0.15, 0.2) is 42.5 Å². The molecule has 2 aromatic carbocycles. The standard InChI is InChI=1S/C19H22Cl2N2O4S/c1-3-27-18-8-5-4-7-17(18)23(28(2,25)26)12-6-9-19(24)22-16-13-14(20)10-11-15(16)21/h4-5,7-8,10-11,13H,3,6,9,12H2,1-2H3,(H,22,24). The summed E-state index contributed by atoms with van der Waals surface area (Å²) in [5.41, 5.74) is 0.867. The van der Waals surface area contributed by atoms with Gasteiger partial charge in [-0.2, -0.15) is 0 Å². The van der Waals surface area contributed by atoms with Gasteiger partial charge in [-0.25, -0.2) is 8.42 Å². The number of nitrogens with one attached hydrogen (secondary N) is 1. The minimum atomic E-state index is -3.54. The molecule has 0 saturated carbocycles. The highest BCUT2D eigenvalue weighted by molar-refractivity contribution is 7.92. The van der Waals surface area contributed by atoms with E-state index in [1.165, 1.54) is 4.31 Å². The molecule has 2 rings (SSSR count). The first kappa shape index (κ1) is 22.3. The van der Waals surface area contributed by atoms with Crippen molar-refractivity contribution < 1.29 is 17.9 Å². The number of nitrogens with zero attached hydrogens (tertiary/aromatic N) is 1. The lowest BCUT2D eigenvalue weighted by atomic mass is 10.2. The molecular formula is C19H22Cl2N2O4S. The fraction of sp³-hybridized carbons (Fsp3) is 0.316. The SMILES string of the molecule is CCOc1ccccc1N(CCCC(=O)Nc1cc(Cl)ccc1Cl)S(C)(=O)=O. The van der Waals surface area contributed by atoms with E-state index in [1.807, 2.05) is 6.92 Å². The van der Waals surface area contributed by atoms with Crippen LogP contribution >= 0.6 is 23.2 Å². The summed E-state index contributed by atoms with van der Waals surface area (Å²) in [5, 5.41) is 3.52. The van der Waals surface area contributed by atoms with Gasteiger partial charge in [-0.05, 0) is 43.7 Å². The molecule has 152 valence electrons. The number of carbonyl (C=O) groups excluding carboxylic acids is 1. The Balaban J connectivity index is 2.05. The first-order chi connectivity index (χ1) is 13.2. The van der Waals surface area contributed by atoms with Crippen molar-refractivity contribution in [3.63, 3.8) is 0 Å². The summed E-state index contributed by atoms with van der Waals surface area (Å²) in [7, 11) is -3.54. The van der Waals surface area contributed by atoms with Gasteiger partial charge in [0.15, 0.2) is 0 Å². The van der Waals surface area contributed by atoms with Crippen LogP contribution in [0.25, 0.3) is 0 Å². The van der Waals surface area contributed by atoms with Gasteiger partial charge in [-0.15, -0.1) is 0 Å². The highest BCUT2D eigenvalue weighted by atomic mass is 35.5. The van der Waals surface area contributed by atoms with Crippen molar-refractivity contribution in [3.05, 3.63) is 52.5 Å². The lowest BCUT2D eigenvalue weighted by Crippen LogP contribution is -2.31. The maximum absolute atomic E-state index is 12.3. The number of hydrogen-bond donors (Lipinski definition) is 1. The van der Waals surface area contributed by atoms with Crippen LogP contribution in [0.5, 0.6) is 5.75 Å². The fourth-order valence-corrected chi connectivity index (χ4v) is 3.90. The first-order valence-corrected chi connectivity index (χ1v) is 11.3. The number of hydrogen-bond acceptors (Lipinski definition) is 4. The number of amides is 1. The predicted molar refractivity (Wildman–Crippen MR) is 114 cm³/mol. The Kier molecular flexibility index (Phi) is 7.98. The first-order valence-electron chi connectivity index (χ1n) is 8.66. The van der Waals surface area contributed by atoms with E-state index in [1.54, 1.807) is 42.5 Å². The number of anilines is 2. The van der Waals surface area contributed by atoms with Gasteiger partial charge < -0.3 is 10.1 Å². The van der Waals surface area contributed by atoms with Crippen LogP contribution in [0.2, 0.25) is 10.0 Å². The van der Waals surface area contributed by atoms with Gasteiger partial charge in [0.2, 0.25) is 15.9 Å². The molecule has 0 aliphatic heterocycles. The zero-order valence-corrected chi connectivity index (χ0v) is 17.9. The third-order valence-corrected chi connectivity index (χ3v) is 5.55. The van der Waals surface area contributed by atoms with Crippen molar-refractivity contribution in [2.75, 3.05) is 29.0 Å². The summed E-state index contributed by atoms with van der Waals surface area (Å²) < 4.78 is 31.3. The van der Waals surface area contributed by atoms with Crippen LogP contribution in [0.4, 0.5) is 11.4 Å². The maximum Gasteiger partial charge on any atom is 0.232 e. The summed E-state index contributed by atoms with van der Waals surface area (Å²) in [6, 6.07) is 11.7. The van der Waals surface area contributed by atoms with Gasteiger partial charge in [0.25, 0.3) is 0 Å². The molecule has 0 spiro atoms. The highest BCUT2D eigenvalue weighted by Crippen LogP contribution is 2.30. The third-order valence-electron chi connectivity index (χ3n) is 3.80. The zero-order chi connectivity index (χ0) is 20.7. The molecule has 0 aromatic heterocycles. The number of benzene rings is 2. The summed E-state index contributed by atoms with van der Waals surface area (Å²) in [6.07, 6.45) is 1.56. The Bertz CT molecular complexity index is 935. The normalized spacial score (nSPS) is 11.1. The van der Waals surface area contributed by atoms with Crippen LogP contribution in [0.3, 0.4) is 0 Å². The molecule has 0 heterocycles. The molecule has 28 heavy (non-hydrogen) atoms. The van der Waals surface area contributed by atoms with Crippen molar-refractivity contribution in [2.24, 2.45) is 0 Å². The molecular weight excluding hydrogens is 423 g/mol. The Morgan fingerprint density at radius 2 is 1.89 bits per heavy atom. The average molecular weight is 445 g/mol. The molecule has 1 N–H and O–H groups in total. The minimum absolute atomic E-state index is 0.117. The van der Waals surface area contributed by atoms with Crippen molar-refractivity contribution in [2.45, 2.75) is 19.8 Å². The van der Waals surface area contributed by atoms with Crippen molar-refractivity contribution in [1.29, 1.82) is 0 Å². The number of carbonyl (C=O) groups is 1. The molecule has 0 radical (unpaired) electrons. The van der Waals surface area contributed by atoms with Gasteiger partial charge >= 0.3 is 0 Å². The second-order valence-electron chi connectivity index (χ2n) is 6.01. The monoisotopic (exact) mass is 444 g/mol. The van der Waals surface area contributed by atoms with Gasteiger partial charge in [0.1, 0.15) is 5.75 Å². The second-order valence-corrected chi connectivity index (χ2v) is 8.76. The lowest BCUT2D eigenvalue weighted by Gasteiger charge is -2.24. The average Bonchev–Trinajstić information content (AvgIpc) is 2.62. The lowest BCUT2D eigenvalue weighted by molar-refractivity contribution is -0.116. The van der Waals surface area contributed by atoms with Crippen LogP contribution in [-0.2, 0) is 14.8 Å². The predicted octanol–water partition coefficient (Wildman–Crippen LogP) is 4.58. The van der Waals surface area contributed by atoms with Crippen LogP contribution in [-0.4, -0.2) is 33.7 Å². The Morgan fingerprint density at radius 3 is 2.57 bits per heavy atom. The Labute approximate surface area is 175 Å². The van der Waals surface area contributed by atoms with Crippen molar-refractivity contribution in [1.82, 2.24) is 0 Å². The largest absolute Gasteiger partial charge is 0.492 e. The number of ether oxygens (including phenoxy) is 1. The maximum atomic E-state index is 12.3. The Morgan fingerprint density at radius 1 is 1.18 bits per heavy atom. The van der Waals surface area contributed by atoms with E-state index >= 15 is 0 Å². The molecule has 9 heteroatoms. The van der Waals surface area contributed by atoms with E-state index in [4.69, 9.17) is 27.9 Å². The van der Waals surface area contributed by atoms with Gasteiger partial charge in [-0.1, -0.05) is 35.3 Å². The second kappa shape index (κ2) is 10.0. The number of rotatable bonds is 9. The van der Waals surface area contributed by atoms with Gasteiger partial charge in [0, 0.05) is 18.0 Å². The summed E-state index contributed by atoms with van der Waals surface area (Å²) >= 11 is 11.9. The molecule has 2 aromatic rings. The quantitative estimate of drug-likeness (QED) is 0.613. The summed E-state index contributed by atoms with van der Waals surface area (Å²) in [4.78, 5) is 12.2. The Hall–Kier alpha value is -1.96. The topological polar surface area (TPSA) is 75.7 Å². The van der Waals surface area contributed by atoms with Crippen LogP contribution < -0.4 is 14.4 Å². The third kappa shape index (κ3) is 6.29. The molecule has 0 unspecified atom stereocenters. The van der Waals surface area contributed by atoms with Gasteiger partial charge in [0.05, 0.1) is 29.3 Å². The van der Waals surface area contributed by atoms with E-state index in [2.05, 4.69) is 5.32 Å². The molecule has 0 aliphatic rings. The van der Waals surface area contributed by atoms with E-state index in [-0.39, 0.29) is 18.9 Å². The van der Waals surface area contributed by atoms with Crippen molar-refractivity contribution in [3.8, 4) is 5.75 Å². The molecule has 0 atom stereocenters. The van der Waals surface area contributed by atoms with Crippen molar-refractivity contribution >= 4 is 50.5 Å². The molecule has 0 saturated heterocycles. The van der Waals surface area contributed by atoms with E-state index in [0.29, 0.717) is 40.2 Å². The van der Waals surface area contributed by atoms with Gasteiger partial charge in [-0.3, -0.25) is 9.10 Å². The molecule has 0 fully saturated rings. The summed E-state index contributed by atoms with van der Waals surface area (Å²) in [6.45, 7) is 2.38. The zero-order valence-electron chi connectivity index (χ0n) is 15.6. The van der Waals surface area contributed by atoms with Crippen LogP contribution in [0.1, 0.15) is 19.8 Å². The fourth-order valence-electron chi connectivity index (χ4n) is 2.59. The number of sulfonamides is 1. The van der Waals surface area contributed by atoms with E-state index in [9.17, 15) is 13.2 Å². The molecule has 1 amide bonds. The smallest absolute Gasteiger partial charge is 0.232 e. The summed E-state index contributed by atoms with van der Waals surface area (Å²) in [5.74, 6) is 0.196. The minimum Gasteiger partial charge on any atom is -0.492 e. The molecule has 0 bridgehead atoms. The van der Waals surface area contributed by atoms with E-state index < -0.39 is 10.0 Å². The molecule has 6 nitrogen and oxygen atoms in total. The number of halogens is 2. The number of para-hydroxylation sites is 2. The highest BCUT2D eigenvalue weighted by Gasteiger charge is 2.21. The van der Waals surface area contributed by atoms with Crippen LogP contribution in [0, 0.1) is 0 Å². The molecule has 0 aliphatic carbocycles. The van der Waals surface area contributed by atoms with E-state index in [0.717, 1.165) is 6.26 Å².